The number of nitrogens with zero attached hydrogens (tertiary/aromatic N) is 1. The number of carbonyl (C=O) groups is 3. The molecule has 0 fully saturated rings. The van der Waals surface area contributed by atoms with E-state index in [2.05, 4.69) is 15.6 Å². The number of fused-ring (bicyclic) bond motifs is 1. The molecule has 3 rings (SSSR count). The third kappa shape index (κ3) is 4.72. The van der Waals surface area contributed by atoms with E-state index in [0.717, 1.165) is 27.0 Å². The lowest BCUT2D eigenvalue weighted by Gasteiger charge is -2.12. The molecular weight excluding hydrogens is 378 g/mol. The Kier molecular flexibility index (Phi) is 6.00. The molecule has 0 aliphatic rings. The molecule has 0 radical (unpaired) electrons. The van der Waals surface area contributed by atoms with Crippen molar-refractivity contribution in [2.75, 3.05) is 18.5 Å². The van der Waals surface area contributed by atoms with Crippen LogP contribution in [-0.2, 0) is 14.3 Å². The quantitative estimate of drug-likeness (QED) is 0.624. The number of carbonyl (C=O) groups excluding carboxylic acids is 3. The Labute approximate surface area is 165 Å². The van der Waals surface area contributed by atoms with Gasteiger partial charge in [-0.15, -0.1) is 11.3 Å². The van der Waals surface area contributed by atoms with Crippen molar-refractivity contribution in [3.8, 4) is 0 Å². The monoisotopic (exact) mass is 397 g/mol. The summed E-state index contributed by atoms with van der Waals surface area (Å²) in [6.45, 7) is 3.11. The van der Waals surface area contributed by atoms with Crippen molar-refractivity contribution in [1.29, 1.82) is 0 Å². The maximum absolute atomic E-state index is 12.1. The first-order chi connectivity index (χ1) is 13.4. The minimum Gasteiger partial charge on any atom is -0.452 e. The Morgan fingerprint density at radius 3 is 2.57 bits per heavy atom. The number of hydrogen-bond acceptors (Lipinski definition) is 6. The first kappa shape index (κ1) is 19.5. The number of para-hydroxylation sites is 1. The van der Waals surface area contributed by atoms with Gasteiger partial charge < -0.3 is 15.4 Å². The van der Waals surface area contributed by atoms with E-state index in [9.17, 15) is 14.4 Å². The van der Waals surface area contributed by atoms with E-state index in [1.807, 2.05) is 32.0 Å². The zero-order chi connectivity index (χ0) is 20.1. The van der Waals surface area contributed by atoms with Crippen molar-refractivity contribution in [2.24, 2.45) is 0 Å². The number of anilines is 1. The SMILES string of the molecule is Cc1cccc(C)c1NC(=O)CNC(=O)COC(=O)c1ccc2ncsc2c1. The number of aryl methyl sites for hydroxylation is 2. The molecule has 0 unspecified atom stereocenters. The third-order valence-corrected chi connectivity index (χ3v) is 4.88. The van der Waals surface area contributed by atoms with Gasteiger partial charge in [0, 0.05) is 5.69 Å². The summed E-state index contributed by atoms with van der Waals surface area (Å²) in [4.78, 5) is 40.1. The predicted molar refractivity (Wildman–Crippen MR) is 107 cm³/mol. The fraction of sp³-hybridized carbons (Fsp3) is 0.200. The fourth-order valence-corrected chi connectivity index (χ4v) is 3.34. The van der Waals surface area contributed by atoms with E-state index in [-0.39, 0.29) is 12.5 Å². The minimum absolute atomic E-state index is 0.211. The molecule has 0 aliphatic carbocycles. The molecule has 8 heteroatoms. The van der Waals surface area contributed by atoms with Crippen LogP contribution < -0.4 is 10.6 Å². The number of thiazole rings is 1. The normalized spacial score (nSPS) is 10.5. The van der Waals surface area contributed by atoms with E-state index in [0.29, 0.717) is 5.56 Å². The zero-order valence-corrected chi connectivity index (χ0v) is 16.3. The van der Waals surface area contributed by atoms with Crippen LogP contribution in [0.25, 0.3) is 10.2 Å². The molecule has 0 bridgehead atoms. The van der Waals surface area contributed by atoms with Crippen molar-refractivity contribution in [1.82, 2.24) is 10.3 Å². The summed E-state index contributed by atoms with van der Waals surface area (Å²) in [5.41, 5.74) is 5.44. The van der Waals surface area contributed by atoms with Crippen LogP contribution in [0.1, 0.15) is 21.5 Å². The van der Waals surface area contributed by atoms with Gasteiger partial charge in [0.2, 0.25) is 5.91 Å². The smallest absolute Gasteiger partial charge is 0.338 e. The van der Waals surface area contributed by atoms with Crippen molar-refractivity contribution in [2.45, 2.75) is 13.8 Å². The highest BCUT2D eigenvalue weighted by atomic mass is 32.1. The van der Waals surface area contributed by atoms with Gasteiger partial charge in [-0.1, -0.05) is 18.2 Å². The molecule has 7 nitrogen and oxygen atoms in total. The van der Waals surface area contributed by atoms with Crippen molar-refractivity contribution in [3.05, 3.63) is 58.6 Å². The minimum atomic E-state index is -0.606. The number of benzene rings is 2. The second-order valence-corrected chi connectivity index (χ2v) is 7.09. The van der Waals surface area contributed by atoms with Gasteiger partial charge in [-0.2, -0.15) is 0 Å². The molecule has 0 atom stereocenters. The fourth-order valence-electron chi connectivity index (χ4n) is 2.62. The molecule has 2 amide bonds. The topological polar surface area (TPSA) is 97.4 Å². The summed E-state index contributed by atoms with van der Waals surface area (Å²) in [6.07, 6.45) is 0. The average Bonchev–Trinajstić information content (AvgIpc) is 3.15. The van der Waals surface area contributed by atoms with Crippen LogP contribution in [0.15, 0.2) is 41.9 Å². The van der Waals surface area contributed by atoms with Crippen LogP contribution in [0, 0.1) is 13.8 Å². The van der Waals surface area contributed by atoms with Crippen LogP contribution in [0.4, 0.5) is 5.69 Å². The predicted octanol–water partition coefficient (Wildman–Crippen LogP) is 2.82. The lowest BCUT2D eigenvalue weighted by molar-refractivity contribution is -0.126. The van der Waals surface area contributed by atoms with E-state index < -0.39 is 18.5 Å². The second-order valence-electron chi connectivity index (χ2n) is 6.20. The number of amides is 2. The van der Waals surface area contributed by atoms with Crippen molar-refractivity contribution >= 4 is 45.0 Å². The molecule has 1 aromatic heterocycles. The molecule has 0 saturated heterocycles. The second kappa shape index (κ2) is 8.62. The molecular formula is C20H19N3O4S. The summed E-state index contributed by atoms with van der Waals surface area (Å²) < 4.78 is 5.87. The third-order valence-electron chi connectivity index (χ3n) is 4.09. The van der Waals surface area contributed by atoms with Crippen LogP contribution in [0.2, 0.25) is 0 Å². The highest BCUT2D eigenvalue weighted by Crippen LogP contribution is 2.20. The molecule has 3 aromatic rings. The van der Waals surface area contributed by atoms with Crippen molar-refractivity contribution < 1.29 is 19.1 Å². The molecule has 1 heterocycles. The summed E-state index contributed by atoms with van der Waals surface area (Å²) in [6, 6.07) is 10.7. The van der Waals surface area contributed by atoms with E-state index in [1.165, 1.54) is 11.3 Å². The maximum atomic E-state index is 12.1. The van der Waals surface area contributed by atoms with Crippen LogP contribution in [-0.4, -0.2) is 35.9 Å². The molecule has 0 aliphatic heterocycles. The largest absolute Gasteiger partial charge is 0.452 e. The van der Waals surface area contributed by atoms with E-state index in [1.54, 1.807) is 23.7 Å². The van der Waals surface area contributed by atoms with Crippen LogP contribution in [0.3, 0.4) is 0 Å². The summed E-state index contributed by atoms with van der Waals surface area (Å²) in [7, 11) is 0. The Balaban J connectivity index is 1.46. The lowest BCUT2D eigenvalue weighted by Crippen LogP contribution is -2.35. The molecule has 0 spiro atoms. The van der Waals surface area contributed by atoms with E-state index in [4.69, 9.17) is 4.74 Å². The first-order valence-electron chi connectivity index (χ1n) is 8.57. The number of esters is 1. The first-order valence-corrected chi connectivity index (χ1v) is 9.45. The molecule has 2 N–H and O–H groups in total. The Bertz CT molecular complexity index is 1020. The van der Waals surface area contributed by atoms with Gasteiger partial charge in [-0.25, -0.2) is 9.78 Å². The summed E-state index contributed by atoms with van der Waals surface area (Å²) in [5.74, 6) is -1.51. The van der Waals surface area contributed by atoms with Gasteiger partial charge in [0.25, 0.3) is 5.91 Å². The maximum Gasteiger partial charge on any atom is 0.338 e. The van der Waals surface area contributed by atoms with Gasteiger partial charge in [0.15, 0.2) is 6.61 Å². The van der Waals surface area contributed by atoms with Crippen molar-refractivity contribution in [3.63, 3.8) is 0 Å². The highest BCUT2D eigenvalue weighted by Gasteiger charge is 2.13. The van der Waals surface area contributed by atoms with Gasteiger partial charge in [0.1, 0.15) is 0 Å². The average molecular weight is 397 g/mol. The van der Waals surface area contributed by atoms with Gasteiger partial charge in [-0.3, -0.25) is 9.59 Å². The molecule has 28 heavy (non-hydrogen) atoms. The Morgan fingerprint density at radius 1 is 1.07 bits per heavy atom. The summed E-state index contributed by atoms with van der Waals surface area (Å²) in [5, 5.41) is 5.21. The highest BCUT2D eigenvalue weighted by molar-refractivity contribution is 7.16. The zero-order valence-electron chi connectivity index (χ0n) is 15.4. The van der Waals surface area contributed by atoms with Gasteiger partial charge >= 0.3 is 5.97 Å². The van der Waals surface area contributed by atoms with Crippen LogP contribution >= 0.6 is 11.3 Å². The van der Waals surface area contributed by atoms with Gasteiger partial charge in [-0.05, 0) is 43.2 Å². The molecule has 0 saturated carbocycles. The molecule has 2 aromatic carbocycles. The van der Waals surface area contributed by atoms with E-state index >= 15 is 0 Å². The molecule has 144 valence electrons. The Morgan fingerprint density at radius 2 is 1.82 bits per heavy atom. The van der Waals surface area contributed by atoms with Crippen LogP contribution in [0.5, 0.6) is 0 Å². The number of nitrogens with one attached hydrogen (secondary N) is 2. The standard InChI is InChI=1S/C20H19N3O4S/c1-12-4-3-5-13(2)19(12)23-17(24)9-21-18(25)10-27-20(26)14-6-7-15-16(8-14)28-11-22-15/h3-8,11H,9-10H2,1-2H3,(H,21,25)(H,23,24). The summed E-state index contributed by atoms with van der Waals surface area (Å²) >= 11 is 1.41. The number of ether oxygens (including phenoxy) is 1. The van der Waals surface area contributed by atoms with Gasteiger partial charge in [0.05, 0.1) is 27.8 Å². The lowest BCUT2D eigenvalue weighted by atomic mass is 10.1. The number of rotatable bonds is 6. The Hall–Kier alpha value is -3.26. The number of aromatic nitrogens is 1. The number of hydrogen-bond donors (Lipinski definition) is 2.